The molecule has 0 fully saturated rings. The summed E-state index contributed by atoms with van der Waals surface area (Å²) in [5, 5.41) is 11.3. The molecule has 0 aliphatic rings. The summed E-state index contributed by atoms with van der Waals surface area (Å²) in [6.07, 6.45) is 0. The van der Waals surface area contributed by atoms with E-state index in [1.807, 2.05) is 0 Å². The molecule has 1 amide bonds. The van der Waals surface area contributed by atoms with Crippen LogP contribution < -0.4 is 5.32 Å². The van der Waals surface area contributed by atoms with Gasteiger partial charge in [0.05, 0.1) is 9.47 Å². The number of nitrogens with one attached hydrogen (secondary N) is 1. The number of thiophene rings is 1. The molecule has 0 aliphatic heterocycles. The number of anilines is 1. The molecule has 1 rings (SSSR count). The van der Waals surface area contributed by atoms with Gasteiger partial charge in [-0.1, -0.05) is 0 Å². The Hall–Kier alpha value is -0.920. The molecule has 15 heavy (non-hydrogen) atoms. The van der Waals surface area contributed by atoms with Crippen molar-refractivity contribution in [3.63, 3.8) is 0 Å². The van der Waals surface area contributed by atoms with E-state index in [0.717, 1.165) is 11.3 Å². The van der Waals surface area contributed by atoms with Gasteiger partial charge in [0.25, 0.3) is 0 Å². The molecule has 0 spiro atoms. The first-order valence-electron chi connectivity index (χ1n) is 3.86. The highest BCUT2D eigenvalue weighted by atomic mass is 79.9. The van der Waals surface area contributed by atoms with E-state index >= 15 is 0 Å². The summed E-state index contributed by atoms with van der Waals surface area (Å²) in [7, 11) is 1.39. The standard InChI is InChI=1S/C8H8BrNO4S/c1-14-3-6(11)10-4-2-5(9)15-7(4)8(12)13/h2H,3H2,1H3,(H,10,11)(H,12,13). The minimum Gasteiger partial charge on any atom is -0.477 e. The molecule has 5 nitrogen and oxygen atoms in total. The molecular formula is C8H8BrNO4S. The first-order valence-corrected chi connectivity index (χ1v) is 5.47. The van der Waals surface area contributed by atoms with E-state index in [1.54, 1.807) is 6.07 Å². The van der Waals surface area contributed by atoms with Crippen molar-refractivity contribution in [2.24, 2.45) is 0 Å². The Morgan fingerprint density at radius 1 is 1.67 bits per heavy atom. The van der Waals surface area contributed by atoms with Gasteiger partial charge in [-0.15, -0.1) is 11.3 Å². The molecule has 0 bridgehead atoms. The number of carbonyl (C=O) groups excluding carboxylic acids is 1. The largest absolute Gasteiger partial charge is 0.477 e. The van der Waals surface area contributed by atoms with Crippen LogP contribution >= 0.6 is 27.3 Å². The van der Waals surface area contributed by atoms with E-state index in [0.29, 0.717) is 3.79 Å². The number of rotatable bonds is 4. The maximum absolute atomic E-state index is 11.2. The molecule has 0 aromatic carbocycles. The average molecular weight is 294 g/mol. The van der Waals surface area contributed by atoms with Gasteiger partial charge in [-0.3, -0.25) is 4.79 Å². The van der Waals surface area contributed by atoms with Crippen molar-refractivity contribution >= 4 is 44.8 Å². The SMILES string of the molecule is COCC(=O)Nc1cc(Br)sc1C(=O)O. The van der Waals surface area contributed by atoms with E-state index < -0.39 is 5.97 Å². The molecule has 2 N–H and O–H groups in total. The fourth-order valence-electron chi connectivity index (χ4n) is 0.930. The zero-order chi connectivity index (χ0) is 11.4. The van der Waals surface area contributed by atoms with Crippen molar-refractivity contribution < 1.29 is 19.4 Å². The van der Waals surface area contributed by atoms with Crippen LogP contribution in [0.15, 0.2) is 9.85 Å². The van der Waals surface area contributed by atoms with Crippen molar-refractivity contribution in [1.82, 2.24) is 0 Å². The number of ether oxygens (including phenoxy) is 1. The quantitative estimate of drug-likeness (QED) is 0.887. The second kappa shape index (κ2) is 5.24. The fourth-order valence-corrected chi connectivity index (χ4v) is 2.32. The van der Waals surface area contributed by atoms with Crippen LogP contribution in [0, 0.1) is 0 Å². The van der Waals surface area contributed by atoms with Crippen LogP contribution in [-0.4, -0.2) is 30.7 Å². The van der Waals surface area contributed by atoms with Crippen LogP contribution in [0.25, 0.3) is 0 Å². The highest BCUT2D eigenvalue weighted by Gasteiger charge is 2.16. The molecule has 82 valence electrons. The molecule has 1 heterocycles. The van der Waals surface area contributed by atoms with E-state index in [4.69, 9.17) is 5.11 Å². The summed E-state index contributed by atoms with van der Waals surface area (Å²) in [4.78, 5) is 22.0. The second-order valence-corrected chi connectivity index (χ2v) is 5.01. The van der Waals surface area contributed by atoms with Crippen LogP contribution in [0.3, 0.4) is 0 Å². The lowest BCUT2D eigenvalue weighted by molar-refractivity contribution is -0.119. The predicted octanol–water partition coefficient (Wildman–Crippen LogP) is 1.79. The topological polar surface area (TPSA) is 75.6 Å². The molecule has 0 saturated heterocycles. The van der Waals surface area contributed by atoms with Crippen LogP contribution in [0.4, 0.5) is 5.69 Å². The van der Waals surface area contributed by atoms with Crippen molar-refractivity contribution in [2.75, 3.05) is 19.0 Å². The lowest BCUT2D eigenvalue weighted by Gasteiger charge is -2.02. The van der Waals surface area contributed by atoms with Crippen molar-refractivity contribution in [1.29, 1.82) is 0 Å². The van der Waals surface area contributed by atoms with Crippen LogP contribution in [0.2, 0.25) is 0 Å². The highest BCUT2D eigenvalue weighted by Crippen LogP contribution is 2.31. The Balaban J connectivity index is 2.84. The van der Waals surface area contributed by atoms with Gasteiger partial charge in [-0.2, -0.15) is 0 Å². The van der Waals surface area contributed by atoms with Gasteiger partial charge in [0.15, 0.2) is 0 Å². The van der Waals surface area contributed by atoms with Gasteiger partial charge in [-0.05, 0) is 22.0 Å². The van der Waals surface area contributed by atoms with Crippen LogP contribution in [-0.2, 0) is 9.53 Å². The molecule has 0 radical (unpaired) electrons. The van der Waals surface area contributed by atoms with Crippen molar-refractivity contribution in [3.05, 3.63) is 14.7 Å². The number of carbonyl (C=O) groups is 2. The van der Waals surface area contributed by atoms with Gasteiger partial charge in [0.1, 0.15) is 11.5 Å². The molecule has 0 saturated carbocycles. The van der Waals surface area contributed by atoms with Gasteiger partial charge in [0.2, 0.25) is 5.91 Å². The fraction of sp³-hybridized carbons (Fsp3) is 0.250. The number of halogens is 1. The minimum atomic E-state index is -1.07. The van der Waals surface area contributed by atoms with E-state index in [1.165, 1.54) is 7.11 Å². The number of methoxy groups -OCH3 is 1. The Morgan fingerprint density at radius 2 is 2.33 bits per heavy atom. The molecule has 0 unspecified atom stereocenters. The zero-order valence-electron chi connectivity index (χ0n) is 7.74. The van der Waals surface area contributed by atoms with E-state index in [-0.39, 0.29) is 23.1 Å². The second-order valence-electron chi connectivity index (χ2n) is 2.58. The summed E-state index contributed by atoms with van der Waals surface area (Å²) in [6.45, 7) is -0.105. The smallest absolute Gasteiger partial charge is 0.348 e. The third kappa shape index (κ3) is 3.29. The molecular weight excluding hydrogens is 286 g/mol. The van der Waals surface area contributed by atoms with E-state index in [2.05, 4.69) is 26.0 Å². The maximum Gasteiger partial charge on any atom is 0.348 e. The first kappa shape index (κ1) is 12.2. The number of carboxylic acids is 1. The lowest BCUT2D eigenvalue weighted by Crippen LogP contribution is -2.18. The van der Waals surface area contributed by atoms with Gasteiger partial charge in [-0.25, -0.2) is 4.79 Å². The Morgan fingerprint density at radius 3 is 2.87 bits per heavy atom. The number of amides is 1. The van der Waals surface area contributed by atoms with Gasteiger partial charge in [0, 0.05) is 7.11 Å². The minimum absolute atomic E-state index is 0.0892. The Kier molecular flexibility index (Phi) is 4.25. The third-order valence-electron chi connectivity index (χ3n) is 1.45. The summed E-state index contributed by atoms with van der Waals surface area (Å²) < 4.78 is 5.26. The molecule has 1 aromatic rings. The number of hydrogen-bond donors (Lipinski definition) is 2. The number of carboxylic acid groups (broad SMARTS) is 1. The molecule has 0 atom stereocenters. The van der Waals surface area contributed by atoms with Crippen LogP contribution in [0.1, 0.15) is 9.67 Å². The van der Waals surface area contributed by atoms with Crippen molar-refractivity contribution in [3.8, 4) is 0 Å². The molecule has 0 aliphatic carbocycles. The predicted molar refractivity (Wildman–Crippen MR) is 59.5 cm³/mol. The average Bonchev–Trinajstić information content (AvgIpc) is 2.47. The number of hydrogen-bond acceptors (Lipinski definition) is 4. The van der Waals surface area contributed by atoms with E-state index in [9.17, 15) is 9.59 Å². The van der Waals surface area contributed by atoms with Crippen molar-refractivity contribution in [2.45, 2.75) is 0 Å². The Bertz CT molecular complexity index is 390. The molecule has 1 aromatic heterocycles. The first-order chi connectivity index (χ1) is 7.04. The van der Waals surface area contributed by atoms with Gasteiger partial charge < -0.3 is 15.2 Å². The normalized spacial score (nSPS) is 10.0. The zero-order valence-corrected chi connectivity index (χ0v) is 10.1. The third-order valence-corrected chi connectivity index (χ3v) is 3.07. The lowest BCUT2D eigenvalue weighted by atomic mass is 10.4. The number of aromatic carboxylic acids is 1. The molecule has 7 heteroatoms. The monoisotopic (exact) mass is 293 g/mol. The summed E-state index contributed by atoms with van der Waals surface area (Å²) in [5.74, 6) is -1.45. The summed E-state index contributed by atoms with van der Waals surface area (Å²) >= 11 is 4.20. The maximum atomic E-state index is 11.2. The Labute approximate surface area is 98.2 Å². The highest BCUT2D eigenvalue weighted by molar-refractivity contribution is 9.11. The summed E-state index contributed by atoms with van der Waals surface area (Å²) in [5.41, 5.74) is 0.279. The van der Waals surface area contributed by atoms with Gasteiger partial charge >= 0.3 is 5.97 Å². The van der Waals surface area contributed by atoms with Crippen LogP contribution in [0.5, 0.6) is 0 Å². The summed E-state index contributed by atoms with van der Waals surface area (Å²) in [6, 6.07) is 1.54.